The Morgan fingerprint density at radius 2 is 1.33 bits per heavy atom. The van der Waals surface area contributed by atoms with Gasteiger partial charge in [0.15, 0.2) is 0 Å². The molecule has 0 aliphatic heterocycles. The van der Waals surface area contributed by atoms with Crippen molar-refractivity contribution in [2.45, 2.75) is 32.0 Å². The van der Waals surface area contributed by atoms with Crippen LogP contribution in [0.5, 0.6) is 0 Å². The van der Waals surface area contributed by atoms with Crippen LogP contribution in [0.15, 0.2) is 18.2 Å². The van der Waals surface area contributed by atoms with E-state index in [2.05, 4.69) is 0 Å². The Morgan fingerprint density at radius 1 is 0.833 bits per heavy atom. The first-order chi connectivity index (χ1) is 7.85. The van der Waals surface area contributed by atoms with Gasteiger partial charge in [-0.25, -0.2) is 0 Å². The number of halogens is 6. The number of hydrogen-bond donors (Lipinski definition) is 0. The minimum absolute atomic E-state index is 0.218. The SMILES string of the molecule is C[Si](C)(C)c1cccc(C(F)(F)F)c1C(F)(F)F. The van der Waals surface area contributed by atoms with E-state index in [1.807, 2.05) is 0 Å². The van der Waals surface area contributed by atoms with Crippen molar-refractivity contribution in [1.82, 2.24) is 0 Å². The van der Waals surface area contributed by atoms with Gasteiger partial charge in [0.25, 0.3) is 0 Å². The summed E-state index contributed by atoms with van der Waals surface area (Å²) in [4.78, 5) is 0. The van der Waals surface area contributed by atoms with E-state index in [1.165, 1.54) is 0 Å². The lowest BCUT2D eigenvalue weighted by molar-refractivity contribution is -0.161. The molecule has 0 radical (unpaired) electrons. The summed E-state index contributed by atoms with van der Waals surface area (Å²) in [5.74, 6) is 0. The van der Waals surface area contributed by atoms with Crippen LogP contribution in [0.3, 0.4) is 0 Å². The van der Waals surface area contributed by atoms with E-state index in [0.29, 0.717) is 6.07 Å². The molecule has 0 saturated heterocycles. The maximum atomic E-state index is 12.9. The predicted molar refractivity (Wildman–Crippen MR) is 59.4 cm³/mol. The molecule has 0 bridgehead atoms. The maximum Gasteiger partial charge on any atom is 0.416 e. The molecule has 0 saturated carbocycles. The average Bonchev–Trinajstić information content (AvgIpc) is 2.12. The normalized spacial score (nSPS) is 13.8. The summed E-state index contributed by atoms with van der Waals surface area (Å²) in [5, 5.41) is -0.218. The number of rotatable bonds is 1. The quantitative estimate of drug-likeness (QED) is 0.534. The summed E-state index contributed by atoms with van der Waals surface area (Å²) in [6.45, 7) is 4.74. The van der Waals surface area contributed by atoms with E-state index in [9.17, 15) is 26.3 Å². The Labute approximate surface area is 102 Å². The van der Waals surface area contributed by atoms with E-state index >= 15 is 0 Å². The van der Waals surface area contributed by atoms with Gasteiger partial charge < -0.3 is 0 Å². The second kappa shape index (κ2) is 4.29. The summed E-state index contributed by atoms with van der Waals surface area (Å²) in [5.41, 5.74) is -3.13. The van der Waals surface area contributed by atoms with Crippen LogP contribution in [0.25, 0.3) is 0 Å². The fraction of sp³-hybridized carbons (Fsp3) is 0.455. The van der Waals surface area contributed by atoms with Crippen LogP contribution >= 0.6 is 0 Å². The molecule has 7 heteroatoms. The Hall–Kier alpha value is -0.983. The molecule has 0 nitrogen and oxygen atoms in total. The molecule has 18 heavy (non-hydrogen) atoms. The summed E-state index contributed by atoms with van der Waals surface area (Å²) in [6, 6.07) is 2.66. The molecule has 0 aliphatic carbocycles. The molecule has 0 N–H and O–H groups in total. The van der Waals surface area contributed by atoms with Crippen molar-refractivity contribution < 1.29 is 26.3 Å². The Balaban J connectivity index is 3.68. The van der Waals surface area contributed by atoms with E-state index in [1.54, 1.807) is 19.6 Å². The zero-order valence-electron chi connectivity index (χ0n) is 10.00. The van der Waals surface area contributed by atoms with Gasteiger partial charge in [-0.2, -0.15) is 26.3 Å². The van der Waals surface area contributed by atoms with Gasteiger partial charge in [0.2, 0.25) is 0 Å². The lowest BCUT2D eigenvalue weighted by Gasteiger charge is -2.25. The number of hydrogen-bond acceptors (Lipinski definition) is 0. The molecule has 0 aliphatic rings. The van der Waals surface area contributed by atoms with Crippen LogP contribution in [0.1, 0.15) is 11.1 Å². The molecule has 102 valence electrons. The lowest BCUT2D eigenvalue weighted by atomic mass is 10.1. The first-order valence-corrected chi connectivity index (χ1v) is 8.63. The third kappa shape index (κ3) is 3.07. The van der Waals surface area contributed by atoms with Gasteiger partial charge in [-0.1, -0.05) is 31.8 Å². The Morgan fingerprint density at radius 3 is 1.67 bits per heavy atom. The Bertz CT molecular complexity index is 406. The first-order valence-electron chi connectivity index (χ1n) is 5.13. The molecule has 0 unspecified atom stereocenters. The molecule has 0 aromatic heterocycles. The van der Waals surface area contributed by atoms with Crippen LogP contribution in [0.2, 0.25) is 19.6 Å². The minimum Gasteiger partial charge on any atom is -0.166 e. The molecule has 0 fully saturated rings. The largest absolute Gasteiger partial charge is 0.416 e. The van der Waals surface area contributed by atoms with Gasteiger partial charge >= 0.3 is 12.4 Å². The van der Waals surface area contributed by atoms with Gasteiger partial charge in [-0.15, -0.1) is 0 Å². The van der Waals surface area contributed by atoms with Gasteiger partial charge in [0.1, 0.15) is 0 Å². The zero-order chi connectivity index (χ0) is 14.4. The van der Waals surface area contributed by atoms with Gasteiger partial charge in [-0.3, -0.25) is 0 Å². The van der Waals surface area contributed by atoms with Crippen molar-refractivity contribution in [3.05, 3.63) is 29.3 Å². The monoisotopic (exact) mass is 286 g/mol. The molecule has 0 heterocycles. The predicted octanol–water partition coefficient (Wildman–Crippen LogP) is 4.27. The molecular formula is C11H12F6Si. The van der Waals surface area contributed by atoms with Crippen LogP contribution in [-0.4, -0.2) is 8.07 Å². The topological polar surface area (TPSA) is 0 Å². The standard InChI is InChI=1S/C11H12F6Si/c1-18(2,3)8-6-4-5-7(10(12,13)14)9(8)11(15,16)17/h4-6H,1-3H3. The van der Waals surface area contributed by atoms with E-state index in [-0.39, 0.29) is 5.19 Å². The van der Waals surface area contributed by atoms with Gasteiger partial charge in [0.05, 0.1) is 19.2 Å². The second-order valence-electron chi connectivity index (χ2n) is 4.97. The number of benzene rings is 1. The molecule has 1 aromatic rings. The van der Waals surface area contributed by atoms with Crippen molar-refractivity contribution in [1.29, 1.82) is 0 Å². The summed E-state index contributed by atoms with van der Waals surface area (Å²) in [7, 11) is -2.52. The van der Waals surface area contributed by atoms with Crippen LogP contribution in [0.4, 0.5) is 26.3 Å². The fourth-order valence-electron chi connectivity index (χ4n) is 1.72. The smallest absolute Gasteiger partial charge is 0.166 e. The highest BCUT2D eigenvalue weighted by Crippen LogP contribution is 2.39. The summed E-state index contributed by atoms with van der Waals surface area (Å²) in [6.07, 6.45) is -10.00. The zero-order valence-corrected chi connectivity index (χ0v) is 11.0. The third-order valence-electron chi connectivity index (χ3n) is 2.46. The molecule has 0 spiro atoms. The van der Waals surface area contributed by atoms with Crippen molar-refractivity contribution in [2.75, 3.05) is 0 Å². The lowest BCUT2D eigenvalue weighted by Crippen LogP contribution is -2.43. The van der Waals surface area contributed by atoms with Crippen molar-refractivity contribution >= 4 is 13.3 Å². The van der Waals surface area contributed by atoms with Gasteiger partial charge in [0, 0.05) is 0 Å². The highest BCUT2D eigenvalue weighted by molar-refractivity contribution is 6.89. The minimum atomic E-state index is -5.00. The fourth-order valence-corrected chi connectivity index (χ4v) is 3.34. The molecule has 1 rings (SSSR count). The van der Waals surface area contributed by atoms with E-state index in [0.717, 1.165) is 12.1 Å². The highest BCUT2D eigenvalue weighted by Gasteiger charge is 2.46. The van der Waals surface area contributed by atoms with Gasteiger partial charge in [-0.05, 0) is 11.3 Å². The average molecular weight is 286 g/mol. The van der Waals surface area contributed by atoms with Crippen LogP contribution in [0, 0.1) is 0 Å². The van der Waals surface area contributed by atoms with Crippen LogP contribution < -0.4 is 5.19 Å². The maximum absolute atomic E-state index is 12.9. The third-order valence-corrected chi connectivity index (χ3v) is 4.49. The van der Waals surface area contributed by atoms with Crippen molar-refractivity contribution in [3.8, 4) is 0 Å². The summed E-state index contributed by atoms with van der Waals surface area (Å²) >= 11 is 0. The first kappa shape index (κ1) is 15.1. The highest BCUT2D eigenvalue weighted by atomic mass is 28.3. The van der Waals surface area contributed by atoms with E-state index < -0.39 is 31.6 Å². The second-order valence-corrected chi connectivity index (χ2v) is 10.0. The molecule has 0 atom stereocenters. The van der Waals surface area contributed by atoms with Crippen molar-refractivity contribution in [3.63, 3.8) is 0 Å². The van der Waals surface area contributed by atoms with Crippen LogP contribution in [-0.2, 0) is 12.4 Å². The van der Waals surface area contributed by atoms with E-state index in [4.69, 9.17) is 0 Å². The molecule has 0 amide bonds. The summed E-state index contributed by atoms with van der Waals surface area (Å²) < 4.78 is 76.7. The van der Waals surface area contributed by atoms with Crippen molar-refractivity contribution in [2.24, 2.45) is 0 Å². The molecular weight excluding hydrogens is 274 g/mol. The Kier molecular flexibility index (Phi) is 3.59. The molecule has 1 aromatic carbocycles. The number of alkyl halides is 6.